The number of amides is 1. The lowest BCUT2D eigenvalue weighted by Gasteiger charge is -2.24. The Morgan fingerprint density at radius 3 is 3.09 bits per heavy atom. The van der Waals surface area contributed by atoms with Crippen molar-refractivity contribution >= 4 is 11.9 Å². The number of aromatic nitrogens is 3. The third-order valence-corrected chi connectivity index (χ3v) is 3.51. The number of fused-ring (bicyclic) bond motifs is 1. The van der Waals surface area contributed by atoms with Crippen LogP contribution < -0.4 is 14.8 Å². The number of benzene rings is 1. The van der Waals surface area contributed by atoms with Gasteiger partial charge in [-0.05, 0) is 24.6 Å². The molecule has 1 amide bonds. The van der Waals surface area contributed by atoms with Gasteiger partial charge >= 0.3 is 0 Å². The smallest absolute Gasteiger partial charge is 0.229 e. The summed E-state index contributed by atoms with van der Waals surface area (Å²) < 4.78 is 13.0. The highest BCUT2D eigenvalue weighted by Crippen LogP contribution is 2.35. The first-order valence-corrected chi connectivity index (χ1v) is 7.42. The molecular formula is C16H18N4O3. The first-order valence-electron chi connectivity index (χ1n) is 7.42. The highest BCUT2D eigenvalue weighted by Gasteiger charge is 2.28. The van der Waals surface area contributed by atoms with Crippen molar-refractivity contribution in [3.8, 4) is 11.5 Å². The molecule has 23 heavy (non-hydrogen) atoms. The number of carbonyl (C=O) groups excluding carboxylic acids is 1. The molecule has 1 atom stereocenters. The Labute approximate surface area is 133 Å². The standard InChI is InChI=1S/C16H18N4O3/c1-3-7-23-13-6-5-11(8-14(13)22-4-2)12-9-15(21)19-16-17-10-18-20(12)16/h3,5-6,8,10,12H,1,4,7,9H2,2H3,(H,17,18,19,21). The van der Waals surface area contributed by atoms with E-state index in [1.165, 1.54) is 6.33 Å². The number of anilines is 1. The molecular weight excluding hydrogens is 296 g/mol. The van der Waals surface area contributed by atoms with Crippen molar-refractivity contribution in [3.63, 3.8) is 0 Å². The topological polar surface area (TPSA) is 78.3 Å². The molecule has 7 heteroatoms. The molecule has 1 aliphatic rings. The molecule has 7 nitrogen and oxygen atoms in total. The molecule has 0 aliphatic carbocycles. The van der Waals surface area contributed by atoms with Crippen LogP contribution in [0.4, 0.5) is 5.95 Å². The van der Waals surface area contributed by atoms with Crippen LogP contribution in [0.3, 0.4) is 0 Å². The zero-order chi connectivity index (χ0) is 16.2. The molecule has 0 radical (unpaired) electrons. The van der Waals surface area contributed by atoms with E-state index in [-0.39, 0.29) is 11.9 Å². The summed E-state index contributed by atoms with van der Waals surface area (Å²) in [6.07, 6.45) is 3.41. The molecule has 2 heterocycles. The van der Waals surface area contributed by atoms with Crippen LogP contribution in [0.15, 0.2) is 37.2 Å². The Morgan fingerprint density at radius 2 is 2.30 bits per heavy atom. The lowest BCUT2D eigenvalue weighted by atomic mass is 10.0. The van der Waals surface area contributed by atoms with Gasteiger partial charge < -0.3 is 9.47 Å². The van der Waals surface area contributed by atoms with Gasteiger partial charge in [0.05, 0.1) is 19.1 Å². The van der Waals surface area contributed by atoms with E-state index < -0.39 is 0 Å². The fourth-order valence-corrected chi connectivity index (χ4v) is 2.53. The molecule has 1 aliphatic heterocycles. The van der Waals surface area contributed by atoms with E-state index in [0.29, 0.717) is 37.1 Å². The van der Waals surface area contributed by atoms with E-state index in [1.54, 1.807) is 10.8 Å². The van der Waals surface area contributed by atoms with Gasteiger partial charge in [0.2, 0.25) is 11.9 Å². The summed E-state index contributed by atoms with van der Waals surface area (Å²) in [5.41, 5.74) is 0.918. The van der Waals surface area contributed by atoms with E-state index in [4.69, 9.17) is 9.47 Å². The molecule has 0 fully saturated rings. The van der Waals surface area contributed by atoms with Crippen molar-refractivity contribution in [1.82, 2.24) is 14.8 Å². The molecule has 3 rings (SSSR count). The second kappa shape index (κ2) is 6.51. The van der Waals surface area contributed by atoms with Crippen LogP contribution in [-0.4, -0.2) is 33.9 Å². The average Bonchev–Trinajstić information content (AvgIpc) is 3.01. The van der Waals surface area contributed by atoms with Gasteiger partial charge in [-0.2, -0.15) is 10.1 Å². The monoisotopic (exact) mass is 314 g/mol. The molecule has 0 bridgehead atoms. The summed E-state index contributed by atoms with van der Waals surface area (Å²) in [5, 5.41) is 6.90. The minimum absolute atomic E-state index is 0.0829. The van der Waals surface area contributed by atoms with Gasteiger partial charge in [0.1, 0.15) is 12.9 Å². The number of hydrogen-bond acceptors (Lipinski definition) is 5. The Morgan fingerprint density at radius 1 is 1.43 bits per heavy atom. The summed E-state index contributed by atoms with van der Waals surface area (Å²) in [4.78, 5) is 15.9. The summed E-state index contributed by atoms with van der Waals surface area (Å²) in [5.74, 6) is 1.66. The first-order chi connectivity index (χ1) is 11.2. The summed E-state index contributed by atoms with van der Waals surface area (Å²) in [7, 11) is 0. The second-order valence-corrected chi connectivity index (χ2v) is 5.04. The molecule has 2 aromatic rings. The Hall–Kier alpha value is -2.83. The number of carbonyl (C=O) groups is 1. The Bertz CT molecular complexity index is 726. The van der Waals surface area contributed by atoms with E-state index >= 15 is 0 Å². The van der Waals surface area contributed by atoms with Crippen molar-refractivity contribution in [3.05, 3.63) is 42.7 Å². The maximum atomic E-state index is 11.9. The van der Waals surface area contributed by atoms with Gasteiger partial charge in [0, 0.05) is 0 Å². The predicted octanol–water partition coefficient (Wildman–Crippen LogP) is 2.17. The quantitative estimate of drug-likeness (QED) is 0.827. The van der Waals surface area contributed by atoms with E-state index in [0.717, 1.165) is 5.56 Å². The maximum absolute atomic E-state index is 11.9. The fourth-order valence-electron chi connectivity index (χ4n) is 2.53. The normalized spacial score (nSPS) is 16.4. The minimum Gasteiger partial charge on any atom is -0.490 e. The minimum atomic E-state index is -0.214. The van der Waals surface area contributed by atoms with Crippen LogP contribution in [-0.2, 0) is 4.79 Å². The molecule has 120 valence electrons. The molecule has 1 aromatic carbocycles. The Kier molecular flexibility index (Phi) is 4.27. The van der Waals surface area contributed by atoms with Crippen LogP contribution in [0.2, 0.25) is 0 Å². The molecule has 0 spiro atoms. The lowest BCUT2D eigenvalue weighted by Crippen LogP contribution is -2.29. The van der Waals surface area contributed by atoms with Crippen molar-refractivity contribution < 1.29 is 14.3 Å². The van der Waals surface area contributed by atoms with Gasteiger partial charge in [-0.15, -0.1) is 0 Å². The fraction of sp³-hybridized carbons (Fsp3) is 0.312. The van der Waals surface area contributed by atoms with Crippen LogP contribution in [0, 0.1) is 0 Å². The molecule has 0 saturated heterocycles. The molecule has 1 N–H and O–H groups in total. The van der Waals surface area contributed by atoms with Crippen LogP contribution >= 0.6 is 0 Å². The van der Waals surface area contributed by atoms with Gasteiger partial charge in [-0.1, -0.05) is 18.7 Å². The third-order valence-electron chi connectivity index (χ3n) is 3.51. The molecule has 0 saturated carbocycles. The van der Waals surface area contributed by atoms with Crippen molar-refractivity contribution in [2.45, 2.75) is 19.4 Å². The lowest BCUT2D eigenvalue weighted by molar-refractivity contribution is -0.117. The summed E-state index contributed by atoms with van der Waals surface area (Å²) in [6, 6.07) is 5.42. The van der Waals surface area contributed by atoms with Crippen LogP contribution in [0.5, 0.6) is 11.5 Å². The molecule has 1 aromatic heterocycles. The number of nitrogens with zero attached hydrogens (tertiary/aromatic N) is 3. The predicted molar refractivity (Wildman–Crippen MR) is 84.7 cm³/mol. The number of ether oxygens (including phenoxy) is 2. The van der Waals surface area contributed by atoms with Crippen molar-refractivity contribution in [2.24, 2.45) is 0 Å². The summed E-state index contributed by atoms with van der Waals surface area (Å²) >= 11 is 0. The second-order valence-electron chi connectivity index (χ2n) is 5.04. The van der Waals surface area contributed by atoms with Crippen LogP contribution in [0.1, 0.15) is 24.9 Å². The van der Waals surface area contributed by atoms with Gasteiger partial charge in [-0.25, -0.2) is 4.68 Å². The zero-order valence-electron chi connectivity index (χ0n) is 12.9. The Balaban J connectivity index is 1.96. The first kappa shape index (κ1) is 15.1. The van der Waals surface area contributed by atoms with E-state index in [1.807, 2.05) is 25.1 Å². The van der Waals surface area contributed by atoms with E-state index in [2.05, 4.69) is 22.0 Å². The third kappa shape index (κ3) is 3.03. The van der Waals surface area contributed by atoms with Gasteiger partial charge in [0.25, 0.3) is 0 Å². The number of nitrogens with one attached hydrogen (secondary N) is 1. The SMILES string of the molecule is C=CCOc1ccc(C2CC(=O)Nc3ncnn32)cc1OCC. The average molecular weight is 314 g/mol. The largest absolute Gasteiger partial charge is 0.490 e. The van der Waals surface area contributed by atoms with Crippen molar-refractivity contribution in [2.75, 3.05) is 18.5 Å². The van der Waals surface area contributed by atoms with Gasteiger partial charge in [-0.3, -0.25) is 10.1 Å². The number of hydrogen-bond donors (Lipinski definition) is 1. The number of rotatable bonds is 6. The van der Waals surface area contributed by atoms with Gasteiger partial charge in [0.15, 0.2) is 11.5 Å². The maximum Gasteiger partial charge on any atom is 0.229 e. The highest BCUT2D eigenvalue weighted by atomic mass is 16.5. The zero-order valence-corrected chi connectivity index (χ0v) is 12.9. The van der Waals surface area contributed by atoms with E-state index in [9.17, 15) is 4.79 Å². The molecule has 1 unspecified atom stereocenters. The van der Waals surface area contributed by atoms with Crippen molar-refractivity contribution in [1.29, 1.82) is 0 Å². The van der Waals surface area contributed by atoms with Crippen LogP contribution in [0.25, 0.3) is 0 Å². The summed E-state index contributed by atoms with van der Waals surface area (Å²) in [6.45, 7) is 6.47. The highest BCUT2D eigenvalue weighted by molar-refractivity contribution is 5.91.